The molecule has 1 aliphatic rings. The maximum Gasteiger partial charge on any atom is 0.226 e. The number of para-hydroxylation sites is 1. The van der Waals surface area contributed by atoms with E-state index in [0.29, 0.717) is 12.5 Å². The number of ether oxygens (including phenoxy) is 1. The van der Waals surface area contributed by atoms with Gasteiger partial charge < -0.3 is 9.64 Å². The van der Waals surface area contributed by atoms with E-state index in [-0.39, 0.29) is 24.7 Å². The van der Waals surface area contributed by atoms with Crippen molar-refractivity contribution in [2.45, 2.75) is 32.1 Å². The minimum atomic E-state index is -0.401. The Morgan fingerprint density at radius 1 is 1.46 bits per heavy atom. The highest BCUT2D eigenvalue weighted by Gasteiger charge is 2.26. The summed E-state index contributed by atoms with van der Waals surface area (Å²) in [5.41, 5.74) is 1.04. The van der Waals surface area contributed by atoms with E-state index in [9.17, 15) is 9.18 Å². The van der Waals surface area contributed by atoms with Crippen molar-refractivity contribution in [3.8, 4) is 5.75 Å². The van der Waals surface area contributed by atoms with E-state index >= 15 is 0 Å². The van der Waals surface area contributed by atoms with Gasteiger partial charge in [-0.3, -0.25) is 4.79 Å². The number of benzene rings is 1. The molecule has 0 spiro atoms. The smallest absolute Gasteiger partial charge is 0.226 e. The molecule has 2 heterocycles. The number of halogens is 1. The van der Waals surface area contributed by atoms with Crippen molar-refractivity contribution >= 4 is 17.2 Å². The van der Waals surface area contributed by atoms with Crippen LogP contribution >= 0.6 is 11.3 Å². The summed E-state index contributed by atoms with van der Waals surface area (Å²) < 4.78 is 18.9. The molecule has 1 aliphatic heterocycles. The minimum Gasteiger partial charge on any atom is -0.490 e. The van der Waals surface area contributed by atoms with Crippen LogP contribution < -0.4 is 4.74 Å². The molecule has 1 atom stereocenters. The molecule has 3 rings (SSSR count). The summed E-state index contributed by atoms with van der Waals surface area (Å²) >= 11 is 1.67. The molecular formula is C18H21FN2O2S. The molecule has 1 fully saturated rings. The standard InChI is InChI=1S/C18H21FN2O2S/c1-13-12-24-18(20-13)14-5-4-9-21(11-14)17(22)8-10-23-16-7-3-2-6-15(16)19/h2-3,6-7,12,14H,4-5,8-11H2,1H3/t14-/m0/s1. The molecule has 1 aromatic heterocycles. The van der Waals surface area contributed by atoms with Crippen molar-refractivity contribution < 1.29 is 13.9 Å². The van der Waals surface area contributed by atoms with Gasteiger partial charge in [0.1, 0.15) is 0 Å². The van der Waals surface area contributed by atoms with Crippen molar-refractivity contribution in [2.24, 2.45) is 0 Å². The van der Waals surface area contributed by atoms with Crippen molar-refractivity contribution in [1.29, 1.82) is 0 Å². The van der Waals surface area contributed by atoms with Crippen LogP contribution in [0.15, 0.2) is 29.6 Å². The molecule has 128 valence electrons. The number of carbonyl (C=O) groups is 1. The lowest BCUT2D eigenvalue weighted by molar-refractivity contribution is -0.132. The van der Waals surface area contributed by atoms with Gasteiger partial charge in [-0.2, -0.15) is 0 Å². The van der Waals surface area contributed by atoms with E-state index in [0.717, 1.165) is 30.1 Å². The molecule has 0 N–H and O–H groups in total. The molecule has 4 nitrogen and oxygen atoms in total. The average Bonchev–Trinajstić information content (AvgIpc) is 3.03. The van der Waals surface area contributed by atoms with E-state index in [4.69, 9.17) is 4.74 Å². The number of aryl methyl sites for hydroxylation is 1. The molecule has 0 unspecified atom stereocenters. The first-order valence-electron chi connectivity index (χ1n) is 8.20. The van der Waals surface area contributed by atoms with Crippen LogP contribution in [0.2, 0.25) is 0 Å². The third-order valence-electron chi connectivity index (χ3n) is 4.17. The second kappa shape index (κ2) is 7.75. The van der Waals surface area contributed by atoms with Gasteiger partial charge in [-0.1, -0.05) is 12.1 Å². The lowest BCUT2D eigenvalue weighted by Gasteiger charge is -2.32. The van der Waals surface area contributed by atoms with Gasteiger partial charge in [0.25, 0.3) is 0 Å². The second-order valence-electron chi connectivity index (χ2n) is 6.03. The number of aromatic nitrogens is 1. The highest BCUT2D eigenvalue weighted by molar-refractivity contribution is 7.09. The predicted molar refractivity (Wildman–Crippen MR) is 91.9 cm³/mol. The van der Waals surface area contributed by atoms with Gasteiger partial charge in [-0.15, -0.1) is 11.3 Å². The summed E-state index contributed by atoms with van der Waals surface area (Å²) in [5, 5.41) is 3.17. The van der Waals surface area contributed by atoms with Crippen molar-refractivity contribution in [2.75, 3.05) is 19.7 Å². The zero-order valence-corrected chi connectivity index (χ0v) is 14.5. The Kier molecular flexibility index (Phi) is 5.45. The Morgan fingerprint density at radius 2 is 2.29 bits per heavy atom. The first kappa shape index (κ1) is 16.9. The molecule has 1 saturated heterocycles. The normalized spacial score (nSPS) is 17.8. The van der Waals surface area contributed by atoms with Crippen LogP contribution in [0.4, 0.5) is 4.39 Å². The largest absolute Gasteiger partial charge is 0.490 e. The molecule has 0 bridgehead atoms. The van der Waals surface area contributed by atoms with Crippen LogP contribution in [0.25, 0.3) is 0 Å². The number of piperidine rings is 1. The number of hydrogen-bond acceptors (Lipinski definition) is 4. The lowest BCUT2D eigenvalue weighted by Crippen LogP contribution is -2.39. The topological polar surface area (TPSA) is 42.4 Å². The summed E-state index contributed by atoms with van der Waals surface area (Å²) in [4.78, 5) is 18.8. The third kappa shape index (κ3) is 4.12. The number of likely N-dealkylation sites (tertiary alicyclic amines) is 1. The number of carbonyl (C=O) groups excluding carboxylic acids is 1. The molecule has 1 amide bonds. The molecule has 0 saturated carbocycles. The van der Waals surface area contributed by atoms with Gasteiger partial charge in [-0.05, 0) is 31.9 Å². The van der Waals surface area contributed by atoms with Crippen LogP contribution in [0.1, 0.15) is 35.9 Å². The number of hydrogen-bond donors (Lipinski definition) is 0. The maximum atomic E-state index is 13.5. The molecule has 0 aliphatic carbocycles. The van der Waals surface area contributed by atoms with Crippen LogP contribution in [-0.2, 0) is 4.79 Å². The number of thiazole rings is 1. The van der Waals surface area contributed by atoms with E-state index in [1.54, 1.807) is 29.5 Å². The predicted octanol–water partition coefficient (Wildman–Crippen LogP) is 3.77. The molecular weight excluding hydrogens is 327 g/mol. The second-order valence-corrected chi connectivity index (χ2v) is 6.92. The third-order valence-corrected chi connectivity index (χ3v) is 5.30. The Hall–Kier alpha value is -1.95. The van der Waals surface area contributed by atoms with Gasteiger partial charge in [0.2, 0.25) is 5.91 Å². The van der Waals surface area contributed by atoms with E-state index in [1.165, 1.54) is 6.07 Å². The highest BCUT2D eigenvalue weighted by atomic mass is 32.1. The fourth-order valence-corrected chi connectivity index (χ4v) is 3.86. The lowest BCUT2D eigenvalue weighted by atomic mass is 9.98. The number of rotatable bonds is 5. The molecule has 0 radical (unpaired) electrons. The minimum absolute atomic E-state index is 0.0596. The monoisotopic (exact) mass is 348 g/mol. The molecule has 24 heavy (non-hydrogen) atoms. The van der Waals surface area contributed by atoms with Gasteiger partial charge in [0.15, 0.2) is 11.6 Å². The van der Waals surface area contributed by atoms with Gasteiger partial charge in [0.05, 0.1) is 18.0 Å². The van der Waals surface area contributed by atoms with Gasteiger partial charge in [0, 0.05) is 30.1 Å². The summed E-state index contributed by atoms with van der Waals surface area (Å²) in [6, 6.07) is 6.25. The Labute approximate surface area is 145 Å². The van der Waals surface area contributed by atoms with Crippen molar-refractivity contribution in [1.82, 2.24) is 9.88 Å². The summed E-state index contributed by atoms with van der Waals surface area (Å²) in [7, 11) is 0. The van der Waals surface area contributed by atoms with Crippen molar-refractivity contribution in [3.63, 3.8) is 0 Å². The average molecular weight is 348 g/mol. The van der Waals surface area contributed by atoms with Crippen LogP contribution in [0.5, 0.6) is 5.75 Å². The number of nitrogens with zero attached hydrogens (tertiary/aromatic N) is 2. The molecule has 2 aromatic rings. The quantitative estimate of drug-likeness (QED) is 0.826. The zero-order valence-electron chi connectivity index (χ0n) is 13.7. The van der Waals surface area contributed by atoms with Gasteiger partial charge in [-0.25, -0.2) is 9.37 Å². The fourth-order valence-electron chi connectivity index (χ4n) is 2.93. The number of amides is 1. The highest BCUT2D eigenvalue weighted by Crippen LogP contribution is 2.29. The van der Waals surface area contributed by atoms with Gasteiger partial charge >= 0.3 is 0 Å². The van der Waals surface area contributed by atoms with Crippen LogP contribution in [0, 0.1) is 12.7 Å². The molecule has 1 aromatic carbocycles. The summed E-state index contributed by atoms with van der Waals surface area (Å²) in [6.45, 7) is 3.67. The SMILES string of the molecule is Cc1csc([C@H]2CCCN(C(=O)CCOc3ccccc3F)C2)n1. The van der Waals surface area contributed by atoms with Crippen LogP contribution in [-0.4, -0.2) is 35.5 Å². The first-order chi connectivity index (χ1) is 11.6. The first-order valence-corrected chi connectivity index (χ1v) is 9.08. The van der Waals surface area contributed by atoms with E-state index in [1.807, 2.05) is 11.8 Å². The summed E-state index contributed by atoms with van der Waals surface area (Å²) in [6.07, 6.45) is 2.32. The van der Waals surface area contributed by atoms with E-state index < -0.39 is 5.82 Å². The van der Waals surface area contributed by atoms with E-state index in [2.05, 4.69) is 10.4 Å². The fraction of sp³-hybridized carbons (Fsp3) is 0.444. The Morgan fingerprint density at radius 3 is 3.04 bits per heavy atom. The molecule has 6 heteroatoms. The zero-order chi connectivity index (χ0) is 16.9. The Bertz CT molecular complexity index is 704. The summed E-state index contributed by atoms with van der Waals surface area (Å²) in [5.74, 6) is 0.181. The van der Waals surface area contributed by atoms with Crippen LogP contribution in [0.3, 0.4) is 0 Å². The van der Waals surface area contributed by atoms with Crippen molar-refractivity contribution in [3.05, 3.63) is 46.2 Å². The maximum absolute atomic E-state index is 13.5. The Balaban J connectivity index is 1.50.